The molecule has 0 spiro atoms. The highest BCUT2D eigenvalue weighted by atomic mass is 15.3. The van der Waals surface area contributed by atoms with Crippen LogP contribution in [0.4, 0.5) is 5.69 Å². The van der Waals surface area contributed by atoms with Crippen LogP contribution in [-0.4, -0.2) is 42.1 Å². The Labute approximate surface area is 122 Å². The third kappa shape index (κ3) is 2.81. The van der Waals surface area contributed by atoms with Gasteiger partial charge in [0.15, 0.2) is 0 Å². The van der Waals surface area contributed by atoms with Gasteiger partial charge in [-0.25, -0.2) is 0 Å². The molecule has 2 unspecified atom stereocenters. The number of rotatable bonds is 3. The van der Waals surface area contributed by atoms with Gasteiger partial charge < -0.3 is 10.6 Å². The largest absolute Gasteiger partial charge is 0.369 e. The van der Waals surface area contributed by atoms with Gasteiger partial charge in [-0.15, -0.1) is 0 Å². The molecule has 2 atom stereocenters. The molecule has 2 aliphatic heterocycles. The van der Waals surface area contributed by atoms with Crippen molar-refractivity contribution in [3.05, 3.63) is 24.0 Å². The van der Waals surface area contributed by atoms with E-state index < -0.39 is 0 Å². The minimum Gasteiger partial charge on any atom is -0.369 e. The summed E-state index contributed by atoms with van der Waals surface area (Å²) in [6.07, 6.45) is 6.92. The highest BCUT2D eigenvalue weighted by Crippen LogP contribution is 2.25. The first kappa shape index (κ1) is 13.8. The standard InChI is InChI=1S/C16H26N4/c1-2-15(17)16-7-6-13(11-18-16)20-10-4-9-19-8-3-5-14(19)12-20/h6-7,11,14-15H,2-5,8-10,12,17H2,1H3. The molecule has 2 saturated heterocycles. The highest BCUT2D eigenvalue weighted by Gasteiger charge is 2.28. The van der Waals surface area contributed by atoms with Gasteiger partial charge in [-0.1, -0.05) is 6.92 Å². The SMILES string of the molecule is CCC(N)c1ccc(N2CCCN3CCCC3C2)cn1. The van der Waals surface area contributed by atoms with Crippen molar-refractivity contribution in [3.8, 4) is 0 Å². The molecule has 2 N–H and O–H groups in total. The van der Waals surface area contributed by atoms with Crippen LogP contribution in [0.2, 0.25) is 0 Å². The zero-order chi connectivity index (χ0) is 13.9. The van der Waals surface area contributed by atoms with Crippen LogP contribution in [0, 0.1) is 0 Å². The minimum absolute atomic E-state index is 0.0681. The van der Waals surface area contributed by atoms with Gasteiger partial charge in [-0.3, -0.25) is 9.88 Å². The van der Waals surface area contributed by atoms with E-state index in [1.807, 2.05) is 6.20 Å². The summed E-state index contributed by atoms with van der Waals surface area (Å²) in [5, 5.41) is 0. The first-order valence-electron chi connectivity index (χ1n) is 7.98. The summed E-state index contributed by atoms with van der Waals surface area (Å²) in [6, 6.07) is 5.11. The fraction of sp³-hybridized carbons (Fsp3) is 0.688. The summed E-state index contributed by atoms with van der Waals surface area (Å²) in [5.41, 5.74) is 8.30. The summed E-state index contributed by atoms with van der Waals surface area (Å²) in [6.45, 7) is 6.95. The average Bonchev–Trinajstić information content (AvgIpc) is 2.83. The summed E-state index contributed by atoms with van der Waals surface area (Å²) >= 11 is 0. The molecule has 0 radical (unpaired) electrons. The number of hydrogen-bond donors (Lipinski definition) is 1. The van der Waals surface area contributed by atoms with Crippen molar-refractivity contribution < 1.29 is 0 Å². The van der Waals surface area contributed by atoms with Gasteiger partial charge in [-0.05, 0) is 44.4 Å². The van der Waals surface area contributed by atoms with E-state index in [-0.39, 0.29) is 6.04 Å². The van der Waals surface area contributed by atoms with Crippen molar-refractivity contribution in [2.24, 2.45) is 5.73 Å². The smallest absolute Gasteiger partial charge is 0.0572 e. The Hall–Kier alpha value is -1.13. The monoisotopic (exact) mass is 274 g/mol. The third-order valence-electron chi connectivity index (χ3n) is 4.76. The van der Waals surface area contributed by atoms with E-state index in [9.17, 15) is 0 Å². The molecule has 110 valence electrons. The molecule has 4 heteroatoms. The Kier molecular flexibility index (Phi) is 4.22. The quantitative estimate of drug-likeness (QED) is 0.917. The first-order chi connectivity index (χ1) is 9.78. The molecule has 2 fully saturated rings. The maximum Gasteiger partial charge on any atom is 0.0572 e. The minimum atomic E-state index is 0.0681. The molecule has 3 heterocycles. The van der Waals surface area contributed by atoms with Crippen LogP contribution in [0.25, 0.3) is 0 Å². The zero-order valence-electron chi connectivity index (χ0n) is 12.5. The molecule has 0 amide bonds. The van der Waals surface area contributed by atoms with Gasteiger partial charge in [0.2, 0.25) is 0 Å². The second-order valence-corrected chi connectivity index (χ2v) is 6.09. The van der Waals surface area contributed by atoms with E-state index in [2.05, 4.69) is 33.8 Å². The second-order valence-electron chi connectivity index (χ2n) is 6.09. The van der Waals surface area contributed by atoms with Crippen molar-refractivity contribution in [2.75, 3.05) is 31.1 Å². The first-order valence-corrected chi connectivity index (χ1v) is 7.98. The van der Waals surface area contributed by atoms with Gasteiger partial charge in [0.25, 0.3) is 0 Å². The number of pyridine rings is 1. The molecular weight excluding hydrogens is 248 g/mol. The van der Waals surface area contributed by atoms with Crippen molar-refractivity contribution >= 4 is 5.69 Å². The van der Waals surface area contributed by atoms with Crippen LogP contribution < -0.4 is 10.6 Å². The van der Waals surface area contributed by atoms with E-state index >= 15 is 0 Å². The van der Waals surface area contributed by atoms with Crippen LogP contribution >= 0.6 is 0 Å². The second kappa shape index (κ2) is 6.10. The molecule has 0 aliphatic carbocycles. The number of nitrogens with two attached hydrogens (primary N) is 1. The highest BCUT2D eigenvalue weighted by molar-refractivity contribution is 5.45. The Morgan fingerprint density at radius 3 is 2.90 bits per heavy atom. The zero-order valence-corrected chi connectivity index (χ0v) is 12.5. The maximum atomic E-state index is 6.04. The van der Waals surface area contributed by atoms with Crippen molar-refractivity contribution in [3.63, 3.8) is 0 Å². The fourth-order valence-corrected chi connectivity index (χ4v) is 3.45. The Morgan fingerprint density at radius 1 is 1.30 bits per heavy atom. The van der Waals surface area contributed by atoms with Crippen LogP contribution in [0.15, 0.2) is 18.3 Å². The maximum absolute atomic E-state index is 6.04. The van der Waals surface area contributed by atoms with E-state index in [0.29, 0.717) is 0 Å². The lowest BCUT2D eigenvalue weighted by Gasteiger charge is -2.27. The van der Waals surface area contributed by atoms with E-state index in [4.69, 9.17) is 5.73 Å². The molecule has 1 aromatic heterocycles. The van der Waals surface area contributed by atoms with Gasteiger partial charge in [0, 0.05) is 31.7 Å². The van der Waals surface area contributed by atoms with E-state index in [0.717, 1.165) is 31.2 Å². The molecule has 0 bridgehead atoms. The number of fused-ring (bicyclic) bond motifs is 1. The number of nitrogens with zero attached hydrogens (tertiary/aromatic N) is 3. The van der Waals surface area contributed by atoms with Gasteiger partial charge in [0.05, 0.1) is 17.6 Å². The normalized spacial score (nSPS) is 25.3. The molecule has 2 aliphatic rings. The summed E-state index contributed by atoms with van der Waals surface area (Å²) in [7, 11) is 0. The lowest BCUT2D eigenvalue weighted by atomic mass is 10.1. The van der Waals surface area contributed by atoms with Gasteiger partial charge in [0.1, 0.15) is 0 Å². The van der Waals surface area contributed by atoms with E-state index in [1.165, 1.54) is 38.0 Å². The number of aromatic nitrogens is 1. The lowest BCUT2D eigenvalue weighted by Crippen LogP contribution is -2.36. The van der Waals surface area contributed by atoms with Crippen LogP contribution in [0.3, 0.4) is 0 Å². The summed E-state index contributed by atoms with van der Waals surface area (Å²) < 4.78 is 0. The van der Waals surface area contributed by atoms with Gasteiger partial charge >= 0.3 is 0 Å². The number of anilines is 1. The molecular formula is C16H26N4. The van der Waals surface area contributed by atoms with Crippen molar-refractivity contribution in [1.29, 1.82) is 0 Å². The summed E-state index contributed by atoms with van der Waals surface area (Å²) in [4.78, 5) is 9.73. The number of hydrogen-bond acceptors (Lipinski definition) is 4. The third-order valence-corrected chi connectivity index (χ3v) is 4.76. The average molecular weight is 274 g/mol. The van der Waals surface area contributed by atoms with E-state index in [1.54, 1.807) is 0 Å². The van der Waals surface area contributed by atoms with Crippen LogP contribution in [-0.2, 0) is 0 Å². The summed E-state index contributed by atoms with van der Waals surface area (Å²) in [5.74, 6) is 0. The van der Waals surface area contributed by atoms with Crippen molar-refractivity contribution in [2.45, 2.75) is 44.7 Å². The molecule has 0 aromatic carbocycles. The Balaban J connectivity index is 1.71. The topological polar surface area (TPSA) is 45.4 Å². The molecule has 0 saturated carbocycles. The van der Waals surface area contributed by atoms with Crippen LogP contribution in [0.5, 0.6) is 0 Å². The van der Waals surface area contributed by atoms with Gasteiger partial charge in [-0.2, -0.15) is 0 Å². The van der Waals surface area contributed by atoms with Crippen LogP contribution in [0.1, 0.15) is 44.3 Å². The predicted molar refractivity (Wildman–Crippen MR) is 82.9 cm³/mol. The molecule has 20 heavy (non-hydrogen) atoms. The predicted octanol–water partition coefficient (Wildman–Crippen LogP) is 2.17. The lowest BCUT2D eigenvalue weighted by molar-refractivity contribution is 0.273. The molecule has 1 aromatic rings. The Bertz CT molecular complexity index is 431. The molecule has 3 rings (SSSR count). The Morgan fingerprint density at radius 2 is 2.15 bits per heavy atom. The fourth-order valence-electron chi connectivity index (χ4n) is 3.45. The van der Waals surface area contributed by atoms with Crippen molar-refractivity contribution in [1.82, 2.24) is 9.88 Å². The molecule has 4 nitrogen and oxygen atoms in total.